The fraction of sp³-hybridized carbons (Fsp3) is 0.200. The lowest BCUT2D eigenvalue weighted by molar-refractivity contribution is -0.385. The molecule has 0 amide bonds. The molecule has 1 N–H and O–H groups in total. The number of nitro groups is 1. The predicted octanol–water partition coefficient (Wildman–Crippen LogP) is 4.18. The summed E-state index contributed by atoms with van der Waals surface area (Å²) in [5, 5.41) is 14.8. The summed E-state index contributed by atoms with van der Waals surface area (Å²) in [6, 6.07) is 10.5. The minimum atomic E-state index is -0.455. The highest BCUT2D eigenvalue weighted by atomic mass is 35.5. The molecule has 6 heteroatoms. The summed E-state index contributed by atoms with van der Waals surface area (Å²) in [6.07, 6.45) is 0. The minimum Gasteiger partial charge on any atom is -0.490 e. The van der Waals surface area contributed by atoms with Crippen LogP contribution >= 0.6 is 11.6 Å². The Labute approximate surface area is 127 Å². The third kappa shape index (κ3) is 3.44. The zero-order chi connectivity index (χ0) is 15.4. The summed E-state index contributed by atoms with van der Waals surface area (Å²) in [5.74, 6) is 0.248. The molecule has 0 aliphatic heterocycles. The van der Waals surface area contributed by atoms with Crippen molar-refractivity contribution in [2.45, 2.75) is 13.5 Å². The summed E-state index contributed by atoms with van der Waals surface area (Å²) >= 11 is 6.13. The molecule has 0 unspecified atom stereocenters. The maximum atomic E-state index is 11.0. The quantitative estimate of drug-likeness (QED) is 0.665. The van der Waals surface area contributed by atoms with Crippen molar-refractivity contribution in [1.82, 2.24) is 0 Å². The molecule has 21 heavy (non-hydrogen) atoms. The molecule has 2 aromatic carbocycles. The van der Waals surface area contributed by atoms with Crippen molar-refractivity contribution in [1.29, 1.82) is 0 Å². The number of nitrogens with zero attached hydrogens (tertiary/aromatic N) is 1. The van der Waals surface area contributed by atoms with Crippen LogP contribution in [0.4, 0.5) is 11.4 Å². The van der Waals surface area contributed by atoms with Gasteiger partial charge in [0.1, 0.15) is 0 Å². The molecule has 110 valence electrons. The molecular weight excluding hydrogens is 292 g/mol. The van der Waals surface area contributed by atoms with Gasteiger partial charge < -0.3 is 10.1 Å². The molecule has 0 radical (unpaired) electrons. The van der Waals surface area contributed by atoms with Crippen LogP contribution in [0, 0.1) is 17.0 Å². The highest BCUT2D eigenvalue weighted by Crippen LogP contribution is 2.29. The number of hydrogen-bond acceptors (Lipinski definition) is 4. The molecule has 0 saturated carbocycles. The van der Waals surface area contributed by atoms with E-state index in [4.69, 9.17) is 16.3 Å². The number of halogens is 1. The smallest absolute Gasteiger partial charge is 0.311 e. The van der Waals surface area contributed by atoms with Gasteiger partial charge in [0.25, 0.3) is 0 Å². The highest BCUT2D eigenvalue weighted by Gasteiger charge is 2.15. The van der Waals surface area contributed by atoms with Crippen molar-refractivity contribution in [3.8, 4) is 5.75 Å². The number of para-hydroxylation sites is 1. The number of aryl methyl sites for hydroxylation is 1. The van der Waals surface area contributed by atoms with Gasteiger partial charge in [-0.15, -0.1) is 0 Å². The summed E-state index contributed by atoms with van der Waals surface area (Å²) < 4.78 is 4.98. The van der Waals surface area contributed by atoms with Crippen molar-refractivity contribution >= 4 is 23.0 Å². The number of rotatable bonds is 5. The van der Waals surface area contributed by atoms with Gasteiger partial charge in [-0.05, 0) is 30.2 Å². The molecule has 0 aliphatic rings. The molecule has 0 heterocycles. The van der Waals surface area contributed by atoms with E-state index in [0.29, 0.717) is 11.6 Å². The standard InChI is InChI=1S/C15H15ClN2O3/c1-10-4-3-5-12(16)15(10)17-9-11-6-7-14(21-2)13(8-11)18(19)20/h3-8,17H,9H2,1-2H3. The van der Waals surface area contributed by atoms with E-state index in [9.17, 15) is 10.1 Å². The van der Waals surface area contributed by atoms with Gasteiger partial charge in [0, 0.05) is 12.6 Å². The van der Waals surface area contributed by atoms with Gasteiger partial charge in [-0.25, -0.2) is 0 Å². The molecule has 0 bridgehead atoms. The fourth-order valence-electron chi connectivity index (χ4n) is 2.03. The first-order chi connectivity index (χ1) is 10.0. The third-order valence-electron chi connectivity index (χ3n) is 3.13. The van der Waals surface area contributed by atoms with E-state index in [1.165, 1.54) is 13.2 Å². The summed E-state index contributed by atoms with van der Waals surface area (Å²) in [4.78, 5) is 10.5. The van der Waals surface area contributed by atoms with E-state index in [2.05, 4.69) is 5.32 Å². The van der Waals surface area contributed by atoms with Gasteiger partial charge in [0.05, 0.1) is 22.7 Å². The van der Waals surface area contributed by atoms with E-state index in [1.54, 1.807) is 18.2 Å². The second-order valence-corrected chi connectivity index (χ2v) is 4.96. The number of benzene rings is 2. The average molecular weight is 307 g/mol. The zero-order valence-corrected chi connectivity index (χ0v) is 12.5. The lowest BCUT2D eigenvalue weighted by atomic mass is 10.1. The lowest BCUT2D eigenvalue weighted by Gasteiger charge is -2.12. The van der Waals surface area contributed by atoms with Crippen LogP contribution in [0.2, 0.25) is 5.02 Å². The molecule has 0 saturated heterocycles. The largest absolute Gasteiger partial charge is 0.490 e. The Hall–Kier alpha value is -2.27. The molecule has 0 spiro atoms. The Balaban J connectivity index is 2.21. The number of methoxy groups -OCH3 is 1. The van der Waals surface area contributed by atoms with Gasteiger partial charge in [-0.3, -0.25) is 10.1 Å². The van der Waals surface area contributed by atoms with Gasteiger partial charge >= 0.3 is 5.69 Å². The van der Waals surface area contributed by atoms with E-state index in [1.807, 2.05) is 19.1 Å². The van der Waals surface area contributed by atoms with Crippen LogP contribution in [-0.4, -0.2) is 12.0 Å². The van der Waals surface area contributed by atoms with Crippen LogP contribution in [0.5, 0.6) is 5.75 Å². The van der Waals surface area contributed by atoms with Crippen molar-refractivity contribution < 1.29 is 9.66 Å². The molecule has 5 nitrogen and oxygen atoms in total. The van der Waals surface area contributed by atoms with Gasteiger partial charge in [-0.2, -0.15) is 0 Å². The monoisotopic (exact) mass is 306 g/mol. The molecule has 0 aromatic heterocycles. The van der Waals surface area contributed by atoms with E-state index < -0.39 is 4.92 Å². The zero-order valence-electron chi connectivity index (χ0n) is 11.7. The maximum Gasteiger partial charge on any atom is 0.311 e. The van der Waals surface area contributed by atoms with Crippen molar-refractivity contribution in [3.63, 3.8) is 0 Å². The molecule has 0 atom stereocenters. The van der Waals surface area contributed by atoms with Crippen LogP contribution in [0.1, 0.15) is 11.1 Å². The first-order valence-corrected chi connectivity index (χ1v) is 6.71. The average Bonchev–Trinajstić information content (AvgIpc) is 2.46. The Morgan fingerprint density at radius 3 is 2.71 bits per heavy atom. The van der Waals surface area contributed by atoms with E-state index >= 15 is 0 Å². The van der Waals surface area contributed by atoms with Crippen LogP contribution in [0.25, 0.3) is 0 Å². The Kier molecular flexibility index (Phi) is 4.65. The molecular formula is C15H15ClN2O3. The van der Waals surface area contributed by atoms with Crippen molar-refractivity contribution in [3.05, 3.63) is 62.7 Å². The van der Waals surface area contributed by atoms with Crippen LogP contribution in [0.3, 0.4) is 0 Å². The molecule has 2 rings (SSSR count). The summed E-state index contributed by atoms with van der Waals surface area (Å²) in [7, 11) is 1.41. The Morgan fingerprint density at radius 2 is 2.10 bits per heavy atom. The third-order valence-corrected chi connectivity index (χ3v) is 3.45. The second-order valence-electron chi connectivity index (χ2n) is 4.55. The fourth-order valence-corrected chi connectivity index (χ4v) is 2.32. The number of anilines is 1. The Morgan fingerprint density at radius 1 is 1.33 bits per heavy atom. The SMILES string of the molecule is COc1ccc(CNc2c(C)cccc2Cl)cc1[N+](=O)[O-]. The molecule has 0 fully saturated rings. The number of nitrogens with one attached hydrogen (secondary N) is 1. The number of hydrogen-bond donors (Lipinski definition) is 1. The molecule has 2 aromatic rings. The molecule has 0 aliphatic carbocycles. The topological polar surface area (TPSA) is 64.4 Å². The second kappa shape index (κ2) is 6.45. The number of nitro benzene ring substituents is 1. The van der Waals surface area contributed by atoms with Crippen molar-refractivity contribution in [2.24, 2.45) is 0 Å². The van der Waals surface area contributed by atoms with E-state index in [0.717, 1.165) is 16.8 Å². The first-order valence-electron chi connectivity index (χ1n) is 6.33. The summed E-state index contributed by atoms with van der Waals surface area (Å²) in [5.41, 5.74) is 2.58. The van der Waals surface area contributed by atoms with Crippen LogP contribution in [0.15, 0.2) is 36.4 Å². The van der Waals surface area contributed by atoms with Crippen LogP contribution < -0.4 is 10.1 Å². The first kappa shape index (κ1) is 15.1. The normalized spacial score (nSPS) is 10.2. The van der Waals surface area contributed by atoms with Crippen molar-refractivity contribution in [2.75, 3.05) is 12.4 Å². The minimum absolute atomic E-state index is 0.0484. The lowest BCUT2D eigenvalue weighted by Crippen LogP contribution is -2.03. The van der Waals surface area contributed by atoms with Gasteiger partial charge in [0.2, 0.25) is 0 Å². The van der Waals surface area contributed by atoms with Gasteiger partial charge in [0.15, 0.2) is 5.75 Å². The summed E-state index contributed by atoms with van der Waals surface area (Å²) in [6.45, 7) is 2.39. The number of ether oxygens (including phenoxy) is 1. The Bertz CT molecular complexity index is 654. The van der Waals surface area contributed by atoms with Gasteiger partial charge in [-0.1, -0.05) is 29.8 Å². The predicted molar refractivity (Wildman–Crippen MR) is 83.2 cm³/mol. The maximum absolute atomic E-state index is 11.0. The van der Waals surface area contributed by atoms with Crippen LogP contribution in [-0.2, 0) is 6.54 Å². The highest BCUT2D eigenvalue weighted by molar-refractivity contribution is 6.33. The van der Waals surface area contributed by atoms with E-state index in [-0.39, 0.29) is 11.4 Å².